The number of ether oxygens (including phenoxy) is 1. The van der Waals surface area contributed by atoms with Gasteiger partial charge in [0.05, 0.1) is 3.42 Å². The highest BCUT2D eigenvalue weighted by Crippen LogP contribution is 2.62. The van der Waals surface area contributed by atoms with E-state index in [1.165, 1.54) is 0 Å². The van der Waals surface area contributed by atoms with E-state index in [-0.39, 0.29) is 15.2 Å². The van der Waals surface area contributed by atoms with Gasteiger partial charge >= 0.3 is 5.97 Å². The molecule has 0 saturated heterocycles. The van der Waals surface area contributed by atoms with Crippen LogP contribution in [0.25, 0.3) is 0 Å². The number of alkyl halides is 1. The van der Waals surface area contributed by atoms with Gasteiger partial charge < -0.3 is 4.74 Å². The highest BCUT2D eigenvalue weighted by Gasteiger charge is 2.67. The van der Waals surface area contributed by atoms with E-state index in [2.05, 4.69) is 22.6 Å². The Hall–Kier alpha value is -0.130. The molecule has 2 aliphatic rings. The van der Waals surface area contributed by atoms with E-state index in [1.54, 1.807) is 6.92 Å². The van der Waals surface area contributed by atoms with Crippen LogP contribution < -0.4 is 0 Å². The Bertz CT molecular complexity index is 385. The number of hydrogen-bond donors (Lipinski definition) is 0. The molecule has 0 aliphatic heterocycles. The van der Waals surface area contributed by atoms with Crippen LogP contribution in [0.5, 0.6) is 0 Å². The molecule has 0 aromatic heterocycles. The number of ketones is 1. The molecule has 0 aromatic rings. The molecule has 96 valence electrons. The highest BCUT2D eigenvalue weighted by atomic mass is 127. The smallest absolute Gasteiger partial charge is 0.319 e. The number of halogens is 1. The van der Waals surface area contributed by atoms with Gasteiger partial charge in [0.2, 0.25) is 0 Å². The monoisotopic (exact) mass is 350 g/mol. The predicted molar refractivity (Wildman–Crippen MR) is 73.1 cm³/mol. The lowest BCUT2D eigenvalue weighted by Gasteiger charge is -2.34. The Morgan fingerprint density at radius 2 is 2.06 bits per heavy atom. The first kappa shape index (κ1) is 13.3. The topological polar surface area (TPSA) is 43.4 Å². The molecule has 4 heteroatoms. The molecule has 0 amide bonds. The van der Waals surface area contributed by atoms with Crippen LogP contribution in [0, 0.1) is 11.3 Å². The second-order valence-electron chi connectivity index (χ2n) is 6.47. The minimum absolute atomic E-state index is 0.0797. The van der Waals surface area contributed by atoms with Gasteiger partial charge in [-0.15, -0.1) is 0 Å². The van der Waals surface area contributed by atoms with Crippen molar-refractivity contribution in [1.29, 1.82) is 0 Å². The molecule has 2 aliphatic carbocycles. The van der Waals surface area contributed by atoms with Crippen LogP contribution >= 0.6 is 22.6 Å². The summed E-state index contributed by atoms with van der Waals surface area (Å²) in [7, 11) is 0. The number of hydrogen-bond acceptors (Lipinski definition) is 3. The Kier molecular flexibility index (Phi) is 2.88. The second-order valence-corrected chi connectivity index (χ2v) is 8.39. The van der Waals surface area contributed by atoms with Crippen molar-refractivity contribution in [3.8, 4) is 0 Å². The van der Waals surface area contributed by atoms with E-state index in [0.29, 0.717) is 12.3 Å². The summed E-state index contributed by atoms with van der Waals surface area (Å²) in [6.07, 6.45) is 2.53. The van der Waals surface area contributed by atoms with Crippen molar-refractivity contribution in [2.75, 3.05) is 0 Å². The summed E-state index contributed by atoms with van der Waals surface area (Å²) >= 11 is 2.23. The maximum atomic E-state index is 12.4. The fraction of sp³-hybridized carbons (Fsp3) is 0.846. The molecule has 0 bridgehead atoms. The van der Waals surface area contributed by atoms with Crippen molar-refractivity contribution in [3.05, 3.63) is 0 Å². The Balaban J connectivity index is 2.19. The van der Waals surface area contributed by atoms with Gasteiger partial charge in [0.1, 0.15) is 11.0 Å². The van der Waals surface area contributed by atoms with Crippen LogP contribution in [0.3, 0.4) is 0 Å². The number of rotatable bonds is 1. The number of carbonyl (C=O) groups excluding carboxylic acids is 2. The first-order chi connectivity index (χ1) is 7.59. The molecular weight excluding hydrogens is 331 g/mol. The molecule has 0 unspecified atom stereocenters. The maximum absolute atomic E-state index is 12.4. The zero-order valence-electron chi connectivity index (χ0n) is 10.8. The third-order valence-electron chi connectivity index (χ3n) is 3.75. The zero-order valence-corrected chi connectivity index (χ0v) is 13.0. The van der Waals surface area contributed by atoms with E-state index < -0.39 is 11.0 Å². The normalized spacial score (nSPS) is 40.8. The van der Waals surface area contributed by atoms with Gasteiger partial charge in [-0.3, -0.25) is 9.59 Å². The van der Waals surface area contributed by atoms with E-state index >= 15 is 0 Å². The quantitative estimate of drug-likeness (QED) is 0.316. The predicted octanol–water partition coefficient (Wildman–Crippen LogP) is 2.89. The number of Topliss-reactive ketones (excluding diaryl/α,β-unsaturated/α-hetero) is 1. The average Bonchev–Trinajstić information content (AvgIpc) is 2.83. The standard InChI is InChI=1S/C13H19IO3/c1-11(2,3)17-10(16)12(4)6-5-8-7-13(8,14)9(12)15/h8H,5-7H2,1-4H3/t8-,12-,13-/m0/s1. The summed E-state index contributed by atoms with van der Waals surface area (Å²) in [6, 6.07) is 0. The van der Waals surface area contributed by atoms with E-state index in [9.17, 15) is 9.59 Å². The highest BCUT2D eigenvalue weighted by molar-refractivity contribution is 14.1. The van der Waals surface area contributed by atoms with E-state index in [4.69, 9.17) is 4.74 Å². The molecule has 0 N–H and O–H groups in total. The lowest BCUT2D eigenvalue weighted by Crippen LogP contribution is -2.48. The fourth-order valence-electron chi connectivity index (χ4n) is 2.53. The van der Waals surface area contributed by atoms with Gasteiger partial charge in [-0.2, -0.15) is 0 Å². The largest absolute Gasteiger partial charge is 0.459 e. The van der Waals surface area contributed by atoms with Gasteiger partial charge in [0, 0.05) is 0 Å². The number of esters is 1. The fourth-order valence-corrected chi connectivity index (χ4v) is 3.97. The molecule has 2 saturated carbocycles. The van der Waals surface area contributed by atoms with Crippen molar-refractivity contribution in [2.24, 2.45) is 11.3 Å². The van der Waals surface area contributed by atoms with Crippen molar-refractivity contribution in [1.82, 2.24) is 0 Å². The molecule has 2 fully saturated rings. The second kappa shape index (κ2) is 3.68. The lowest BCUT2D eigenvalue weighted by molar-refractivity contribution is -0.170. The van der Waals surface area contributed by atoms with Gasteiger partial charge in [-0.05, 0) is 52.9 Å². The van der Waals surface area contributed by atoms with Crippen LogP contribution in [0.15, 0.2) is 0 Å². The molecule has 3 atom stereocenters. The van der Waals surface area contributed by atoms with Gasteiger partial charge in [-0.25, -0.2) is 0 Å². The summed E-state index contributed by atoms with van der Waals surface area (Å²) in [5.74, 6) is 0.221. The first-order valence-corrected chi connectivity index (χ1v) is 7.15. The minimum Gasteiger partial charge on any atom is -0.459 e. The van der Waals surface area contributed by atoms with Crippen molar-refractivity contribution < 1.29 is 14.3 Å². The Morgan fingerprint density at radius 3 is 2.59 bits per heavy atom. The maximum Gasteiger partial charge on any atom is 0.319 e. The van der Waals surface area contributed by atoms with Crippen molar-refractivity contribution in [2.45, 2.75) is 56.0 Å². The molecule has 0 aromatic carbocycles. The molecule has 0 radical (unpaired) electrons. The number of fused-ring (bicyclic) bond motifs is 1. The van der Waals surface area contributed by atoms with Crippen LogP contribution in [-0.4, -0.2) is 20.8 Å². The molecular formula is C13H19IO3. The Morgan fingerprint density at radius 1 is 1.47 bits per heavy atom. The first-order valence-electron chi connectivity index (χ1n) is 6.07. The molecule has 2 rings (SSSR count). The van der Waals surface area contributed by atoms with Gasteiger partial charge in [-0.1, -0.05) is 22.6 Å². The van der Waals surface area contributed by atoms with Gasteiger partial charge in [0.15, 0.2) is 5.78 Å². The SMILES string of the molecule is CC(C)(C)OC(=O)[C@@]1(C)CC[C@H]2C[C@@]2(I)C1=O. The molecule has 17 heavy (non-hydrogen) atoms. The average molecular weight is 350 g/mol. The summed E-state index contributed by atoms with van der Waals surface area (Å²) in [5.41, 5.74) is -1.46. The van der Waals surface area contributed by atoms with Crippen LogP contribution in [0.4, 0.5) is 0 Å². The summed E-state index contributed by atoms with van der Waals surface area (Å²) in [5, 5.41) is 0. The molecule has 0 spiro atoms. The third-order valence-corrected chi connectivity index (χ3v) is 5.56. The summed E-state index contributed by atoms with van der Waals surface area (Å²) in [6.45, 7) is 7.25. The van der Waals surface area contributed by atoms with Crippen LogP contribution in [0.1, 0.15) is 47.0 Å². The molecule has 0 heterocycles. The summed E-state index contributed by atoms with van der Waals surface area (Å²) < 4.78 is 5.12. The van der Waals surface area contributed by atoms with Crippen molar-refractivity contribution in [3.63, 3.8) is 0 Å². The summed E-state index contributed by atoms with van der Waals surface area (Å²) in [4.78, 5) is 24.6. The molecule has 3 nitrogen and oxygen atoms in total. The van der Waals surface area contributed by atoms with Gasteiger partial charge in [0.25, 0.3) is 0 Å². The van der Waals surface area contributed by atoms with Crippen molar-refractivity contribution >= 4 is 34.3 Å². The van der Waals surface area contributed by atoms with E-state index in [0.717, 1.165) is 12.8 Å². The van der Waals surface area contributed by atoms with E-state index in [1.807, 2.05) is 20.8 Å². The number of carbonyl (C=O) groups is 2. The Labute approximate surface area is 116 Å². The van der Waals surface area contributed by atoms with Crippen LogP contribution in [0.2, 0.25) is 0 Å². The lowest BCUT2D eigenvalue weighted by atomic mass is 9.74. The zero-order chi connectivity index (χ0) is 13.1. The van der Waals surface area contributed by atoms with Crippen LogP contribution in [-0.2, 0) is 14.3 Å². The third kappa shape index (κ3) is 2.13. The minimum atomic E-state index is -0.929.